The van der Waals surface area contributed by atoms with Crippen LogP contribution >= 0.6 is 0 Å². The van der Waals surface area contributed by atoms with Crippen LogP contribution < -0.4 is 0 Å². The summed E-state index contributed by atoms with van der Waals surface area (Å²) in [6.07, 6.45) is 4.59. The van der Waals surface area contributed by atoms with Crippen molar-refractivity contribution in [3.05, 3.63) is 86.0 Å². The number of nitrogens with one attached hydrogen (secondary N) is 2. The van der Waals surface area contributed by atoms with Gasteiger partial charge in [-0.15, -0.1) is 0 Å². The van der Waals surface area contributed by atoms with Gasteiger partial charge in [0.05, 0.1) is 18.5 Å². The monoisotopic (exact) mass is 660 g/mol. The van der Waals surface area contributed by atoms with Crippen molar-refractivity contribution in [3.8, 4) is 24.3 Å². The molecule has 0 aromatic carbocycles. The summed E-state index contributed by atoms with van der Waals surface area (Å²) in [6, 6.07) is 13.7. The Hall–Kier alpha value is -6.23. The highest BCUT2D eigenvalue weighted by Gasteiger charge is 2.35. The zero-order valence-electron chi connectivity index (χ0n) is 29.0. The third-order valence-corrected chi connectivity index (χ3v) is 10.4. The van der Waals surface area contributed by atoms with Gasteiger partial charge in [0.25, 0.3) is 0 Å². The molecule has 5 heterocycles. The maximum atomic E-state index is 12.3. The van der Waals surface area contributed by atoms with E-state index >= 15 is 0 Å². The molecule has 3 aromatic heterocycles. The Morgan fingerprint density at radius 2 is 1.64 bits per heavy atom. The lowest BCUT2D eigenvalue weighted by atomic mass is 9.85. The van der Waals surface area contributed by atoms with Crippen LogP contribution in [0.4, 0.5) is 0 Å². The number of carbonyl (C=O) groups excluding carboxylic acids is 1. The molecule has 10 nitrogen and oxygen atoms in total. The first-order chi connectivity index (χ1) is 24.1. The van der Waals surface area contributed by atoms with Crippen LogP contribution in [0.3, 0.4) is 0 Å². The number of allylic oxidation sites excluding steroid dienone is 6. The third-order valence-electron chi connectivity index (χ3n) is 10.4. The summed E-state index contributed by atoms with van der Waals surface area (Å²) in [5.41, 5.74) is 13.4. The van der Waals surface area contributed by atoms with Crippen LogP contribution in [0, 0.1) is 59.2 Å². The molecule has 3 aliphatic rings. The van der Waals surface area contributed by atoms with Crippen molar-refractivity contribution in [1.82, 2.24) is 19.9 Å². The Kier molecular flexibility index (Phi) is 8.99. The molecule has 0 fully saturated rings. The molecule has 0 saturated carbocycles. The zero-order valence-corrected chi connectivity index (χ0v) is 29.0. The van der Waals surface area contributed by atoms with Gasteiger partial charge < -0.3 is 14.7 Å². The van der Waals surface area contributed by atoms with Crippen LogP contribution in [0.2, 0.25) is 0 Å². The zero-order chi connectivity index (χ0) is 35.9. The lowest BCUT2D eigenvalue weighted by Crippen LogP contribution is -2.09. The molecule has 10 heteroatoms. The number of aromatic nitrogens is 4. The number of rotatable bonds is 6. The summed E-state index contributed by atoms with van der Waals surface area (Å²) in [4.78, 5) is 29.9. The van der Waals surface area contributed by atoms with Gasteiger partial charge in [-0.05, 0) is 98.6 Å². The van der Waals surface area contributed by atoms with Crippen molar-refractivity contribution >= 4 is 44.8 Å². The minimum absolute atomic E-state index is 0.0435. The first-order valence-electron chi connectivity index (χ1n) is 16.7. The van der Waals surface area contributed by atoms with E-state index in [9.17, 15) is 25.8 Å². The molecule has 0 amide bonds. The lowest BCUT2D eigenvalue weighted by Gasteiger charge is -2.16. The second-order valence-electron chi connectivity index (χ2n) is 12.9. The van der Waals surface area contributed by atoms with Crippen molar-refractivity contribution in [2.75, 3.05) is 7.11 Å². The fourth-order valence-corrected chi connectivity index (χ4v) is 7.62. The average molecular weight is 661 g/mol. The van der Waals surface area contributed by atoms with Crippen LogP contribution in [0.1, 0.15) is 102 Å². The largest absolute Gasteiger partial charge is 0.469 e. The van der Waals surface area contributed by atoms with Crippen molar-refractivity contribution in [1.29, 1.82) is 21.0 Å². The van der Waals surface area contributed by atoms with Gasteiger partial charge in [-0.25, -0.2) is 4.98 Å². The first kappa shape index (κ1) is 33.7. The molecular formula is C40H36N8O2. The minimum atomic E-state index is -0.270. The molecule has 50 heavy (non-hydrogen) atoms. The number of nitriles is 4. The Labute approximate surface area is 290 Å². The van der Waals surface area contributed by atoms with Gasteiger partial charge in [0, 0.05) is 68.4 Å². The molecule has 3 aromatic rings. The van der Waals surface area contributed by atoms with E-state index in [-0.39, 0.29) is 40.9 Å². The van der Waals surface area contributed by atoms with Crippen molar-refractivity contribution in [3.63, 3.8) is 0 Å². The van der Waals surface area contributed by atoms with Crippen LogP contribution in [0.5, 0.6) is 0 Å². The third kappa shape index (κ3) is 5.56. The number of aromatic amines is 2. The molecule has 0 unspecified atom stereocenters. The van der Waals surface area contributed by atoms with E-state index in [4.69, 9.17) is 14.7 Å². The molecule has 2 atom stereocenters. The standard InChI is InChI=1S/C40H36N8O2/c1-7-26-20(2)31-15-36-38(30(25(18-43)19-44)12-24(16-41)17-42)23(5)34(46-36)13-32-22(4)28(10-11-37(49)50-6)40(47-32)29-9-8-27-21(3)33(48-39(27)29)14-35(26)45-31/h12-15,22,28,45-46H,7-11H2,1-6H3/t22-,28-/m0/s1. The van der Waals surface area contributed by atoms with Gasteiger partial charge in [0.1, 0.15) is 35.4 Å². The van der Waals surface area contributed by atoms with Gasteiger partial charge in [-0.3, -0.25) is 9.78 Å². The molecule has 8 bridgehead atoms. The number of H-pyrrole nitrogens is 2. The number of hydrogen-bond donors (Lipinski definition) is 2. The van der Waals surface area contributed by atoms with E-state index < -0.39 is 0 Å². The van der Waals surface area contributed by atoms with E-state index in [0.717, 1.165) is 80.9 Å². The van der Waals surface area contributed by atoms with Gasteiger partial charge in [0.2, 0.25) is 0 Å². The number of methoxy groups -OCH3 is 1. The van der Waals surface area contributed by atoms with Gasteiger partial charge in [-0.1, -0.05) is 13.8 Å². The summed E-state index contributed by atoms with van der Waals surface area (Å²) in [5.74, 6) is -0.360. The molecule has 2 aliphatic heterocycles. The highest BCUT2D eigenvalue weighted by Crippen LogP contribution is 2.47. The summed E-state index contributed by atoms with van der Waals surface area (Å²) < 4.78 is 5.00. The predicted molar refractivity (Wildman–Crippen MR) is 191 cm³/mol. The Morgan fingerprint density at radius 1 is 0.940 bits per heavy atom. The number of fused-ring (bicyclic) bond motifs is 8. The first-order valence-corrected chi connectivity index (χ1v) is 16.7. The molecule has 0 radical (unpaired) electrons. The minimum Gasteiger partial charge on any atom is -0.469 e. The van der Waals surface area contributed by atoms with E-state index in [2.05, 4.69) is 43.7 Å². The number of carbonyl (C=O) groups is 1. The fourth-order valence-electron chi connectivity index (χ4n) is 7.62. The van der Waals surface area contributed by atoms with Crippen LogP contribution in [-0.2, 0) is 22.4 Å². The molecular weight excluding hydrogens is 624 g/mol. The lowest BCUT2D eigenvalue weighted by molar-refractivity contribution is -0.140. The molecule has 2 N–H and O–H groups in total. The van der Waals surface area contributed by atoms with Gasteiger partial charge in [0.15, 0.2) is 0 Å². The maximum Gasteiger partial charge on any atom is 0.305 e. The molecule has 6 rings (SSSR count). The quantitative estimate of drug-likeness (QED) is 0.152. The molecule has 1 aliphatic carbocycles. The van der Waals surface area contributed by atoms with Crippen LogP contribution in [-0.4, -0.2) is 33.0 Å². The van der Waals surface area contributed by atoms with Crippen molar-refractivity contribution < 1.29 is 9.53 Å². The smallest absolute Gasteiger partial charge is 0.305 e. The second kappa shape index (κ2) is 13.3. The summed E-state index contributed by atoms with van der Waals surface area (Å²) in [7, 11) is 1.40. The normalized spacial score (nSPS) is 15.8. The van der Waals surface area contributed by atoms with E-state index in [0.29, 0.717) is 23.0 Å². The van der Waals surface area contributed by atoms with Gasteiger partial charge >= 0.3 is 5.97 Å². The molecule has 0 saturated heterocycles. The average Bonchev–Trinajstić information content (AvgIpc) is 3.89. The number of hydrogen-bond acceptors (Lipinski definition) is 8. The Balaban J connectivity index is 1.80. The van der Waals surface area contributed by atoms with Crippen LogP contribution in [0.25, 0.3) is 38.8 Å². The number of esters is 1. The summed E-state index contributed by atoms with van der Waals surface area (Å²) in [6.45, 7) is 10.3. The van der Waals surface area contributed by atoms with Crippen LogP contribution in [0.15, 0.2) is 35.4 Å². The van der Waals surface area contributed by atoms with E-state index in [1.807, 2.05) is 43.3 Å². The highest BCUT2D eigenvalue weighted by molar-refractivity contribution is 5.97. The SMILES string of the molecule is CCc1c(C)c2cc3[nH]c(cc4nc(c5c6nc(cc1[nH]2)C(C)=C6CC5)[C@@H](CCC(=O)OC)[C@@H]4C)c(C)c3C(C=C(C#N)C#N)=C(C#N)C#N. The van der Waals surface area contributed by atoms with Gasteiger partial charge in [-0.2, -0.15) is 21.0 Å². The molecule has 0 spiro atoms. The van der Waals surface area contributed by atoms with Crippen molar-refractivity contribution in [2.45, 2.75) is 78.6 Å². The number of aryl methyl sites for hydroxylation is 3. The second-order valence-corrected chi connectivity index (χ2v) is 12.9. The fraction of sp³-hybridized carbons (Fsp3) is 0.325. The summed E-state index contributed by atoms with van der Waals surface area (Å²) >= 11 is 0. The predicted octanol–water partition coefficient (Wildman–Crippen LogP) is 7.99. The number of ether oxygens (including phenoxy) is 1. The maximum absolute atomic E-state index is 12.3. The van der Waals surface area contributed by atoms with Crippen molar-refractivity contribution in [2.24, 2.45) is 0 Å². The van der Waals surface area contributed by atoms with E-state index in [1.54, 1.807) is 0 Å². The topological polar surface area (TPSA) is 179 Å². The number of nitrogens with zero attached hydrogens (tertiary/aromatic N) is 6. The van der Waals surface area contributed by atoms with E-state index in [1.165, 1.54) is 18.8 Å². The summed E-state index contributed by atoms with van der Waals surface area (Å²) in [5, 5.41) is 39.3. The molecule has 248 valence electrons. The Bertz CT molecular complexity index is 2390. The Morgan fingerprint density at radius 3 is 2.30 bits per heavy atom. The highest BCUT2D eigenvalue weighted by atomic mass is 16.5.